The van der Waals surface area contributed by atoms with Gasteiger partial charge in [0.05, 0.1) is 35.2 Å². The van der Waals surface area contributed by atoms with Crippen LogP contribution in [-0.2, 0) is 6.54 Å². The monoisotopic (exact) mass is 413 g/mol. The summed E-state index contributed by atoms with van der Waals surface area (Å²) in [6, 6.07) is 10.0. The van der Waals surface area contributed by atoms with E-state index < -0.39 is 0 Å². The van der Waals surface area contributed by atoms with Gasteiger partial charge >= 0.3 is 0 Å². The number of carbonyl (C=O) groups is 1. The fraction of sp³-hybridized carbons (Fsp3) is 0.280. The third-order valence-electron chi connectivity index (χ3n) is 5.69. The minimum Gasteiger partial charge on any atom is -0.330 e. The molecule has 0 bridgehead atoms. The first-order chi connectivity index (χ1) is 14.9. The van der Waals surface area contributed by atoms with Crippen molar-refractivity contribution in [3.63, 3.8) is 0 Å². The van der Waals surface area contributed by atoms with Crippen LogP contribution >= 0.6 is 0 Å². The van der Waals surface area contributed by atoms with Crippen molar-refractivity contribution in [2.24, 2.45) is 0 Å². The van der Waals surface area contributed by atoms with Gasteiger partial charge in [0.1, 0.15) is 0 Å². The Morgan fingerprint density at radius 3 is 2.65 bits per heavy atom. The number of nitrogens with zero attached hydrogens (tertiary/aromatic N) is 4. The van der Waals surface area contributed by atoms with Gasteiger partial charge in [-0.1, -0.05) is 17.7 Å². The van der Waals surface area contributed by atoms with Gasteiger partial charge in [0.2, 0.25) is 0 Å². The van der Waals surface area contributed by atoms with Gasteiger partial charge in [-0.3, -0.25) is 14.9 Å². The molecule has 6 heteroatoms. The van der Waals surface area contributed by atoms with E-state index in [1.54, 1.807) is 18.6 Å². The van der Waals surface area contributed by atoms with Crippen LogP contribution in [0.2, 0.25) is 0 Å². The molecule has 3 aromatic heterocycles. The molecule has 6 nitrogen and oxygen atoms in total. The number of aryl methyl sites for hydroxylation is 2. The molecule has 0 aliphatic carbocycles. The molecule has 1 amide bonds. The van der Waals surface area contributed by atoms with E-state index in [0.717, 1.165) is 44.5 Å². The Morgan fingerprint density at radius 1 is 1.16 bits per heavy atom. The molecule has 0 aliphatic rings. The number of aromatic nitrogens is 4. The van der Waals surface area contributed by atoms with Gasteiger partial charge in [0, 0.05) is 29.4 Å². The Hall–Kier alpha value is -3.54. The molecule has 31 heavy (non-hydrogen) atoms. The minimum atomic E-state index is -0.0136. The minimum absolute atomic E-state index is 0.0127. The number of carbonyl (C=O) groups excluding carboxylic acids is 1. The maximum absolute atomic E-state index is 14.0. The number of rotatable bonds is 5. The number of nitrogens with one attached hydrogen (secondary N) is 1. The molecule has 3 heterocycles. The zero-order chi connectivity index (χ0) is 22.1. The van der Waals surface area contributed by atoms with Crippen molar-refractivity contribution in [1.29, 1.82) is 0 Å². The lowest BCUT2D eigenvalue weighted by Gasteiger charge is -2.28. The van der Waals surface area contributed by atoms with Gasteiger partial charge in [-0.25, -0.2) is 4.98 Å². The Kier molecular flexibility index (Phi) is 5.55. The number of benzene rings is 1. The highest BCUT2D eigenvalue weighted by Gasteiger charge is 2.26. The van der Waals surface area contributed by atoms with Crippen LogP contribution in [0.25, 0.3) is 22.2 Å². The van der Waals surface area contributed by atoms with Crippen molar-refractivity contribution in [3.05, 3.63) is 76.9 Å². The number of pyridine rings is 2. The number of aromatic amines is 1. The lowest BCUT2D eigenvalue weighted by Crippen LogP contribution is -2.37. The summed E-state index contributed by atoms with van der Waals surface area (Å²) in [5.41, 5.74) is 7.06. The molecule has 4 rings (SSSR count). The molecule has 0 unspecified atom stereocenters. The van der Waals surface area contributed by atoms with Gasteiger partial charge < -0.3 is 4.90 Å². The number of fused-ring (bicyclic) bond motifs is 1. The lowest BCUT2D eigenvalue weighted by atomic mass is 9.96. The van der Waals surface area contributed by atoms with Crippen molar-refractivity contribution in [2.75, 3.05) is 0 Å². The SMILES string of the molecule is Cc1ccc2nc(-c3cn[nH]c3)c(C)c(C(=O)N(Cc3ncccc3C)C(C)C)c2c1. The van der Waals surface area contributed by atoms with Crippen LogP contribution in [0.3, 0.4) is 0 Å². The molecule has 4 aromatic rings. The molecular weight excluding hydrogens is 386 g/mol. The van der Waals surface area contributed by atoms with Gasteiger partial charge in [-0.05, 0) is 63.9 Å². The molecule has 1 N–H and O–H groups in total. The van der Waals surface area contributed by atoms with Gasteiger partial charge in [-0.2, -0.15) is 5.10 Å². The van der Waals surface area contributed by atoms with E-state index in [1.165, 1.54) is 0 Å². The second-order valence-corrected chi connectivity index (χ2v) is 8.26. The van der Waals surface area contributed by atoms with E-state index in [1.807, 2.05) is 69.9 Å². The summed E-state index contributed by atoms with van der Waals surface area (Å²) < 4.78 is 0. The largest absolute Gasteiger partial charge is 0.330 e. The normalized spacial score (nSPS) is 11.3. The molecule has 0 spiro atoms. The average Bonchev–Trinajstić information content (AvgIpc) is 3.26. The van der Waals surface area contributed by atoms with Crippen molar-refractivity contribution in [2.45, 2.75) is 47.2 Å². The summed E-state index contributed by atoms with van der Waals surface area (Å²) in [6.45, 7) is 10.6. The first-order valence-corrected chi connectivity index (χ1v) is 10.5. The lowest BCUT2D eigenvalue weighted by molar-refractivity contribution is 0.0689. The third-order valence-corrected chi connectivity index (χ3v) is 5.69. The van der Waals surface area contributed by atoms with Crippen molar-refractivity contribution in [3.8, 4) is 11.3 Å². The van der Waals surface area contributed by atoms with E-state index in [2.05, 4.69) is 15.2 Å². The van der Waals surface area contributed by atoms with E-state index >= 15 is 0 Å². The molecular formula is C25H27N5O. The molecule has 1 aromatic carbocycles. The second kappa shape index (κ2) is 8.30. The predicted octanol–water partition coefficient (Wildman–Crippen LogP) is 5.00. The predicted molar refractivity (Wildman–Crippen MR) is 123 cm³/mol. The number of H-pyrrole nitrogens is 1. The number of hydrogen-bond donors (Lipinski definition) is 1. The third kappa shape index (κ3) is 3.93. The highest BCUT2D eigenvalue weighted by Crippen LogP contribution is 2.31. The van der Waals surface area contributed by atoms with Gasteiger partial charge in [0.15, 0.2) is 0 Å². The summed E-state index contributed by atoms with van der Waals surface area (Å²) >= 11 is 0. The Morgan fingerprint density at radius 2 is 1.97 bits per heavy atom. The van der Waals surface area contributed by atoms with Crippen LogP contribution in [0.15, 0.2) is 48.9 Å². The van der Waals surface area contributed by atoms with Crippen LogP contribution in [0.5, 0.6) is 0 Å². The molecule has 158 valence electrons. The van der Waals surface area contributed by atoms with Crippen molar-refractivity contribution >= 4 is 16.8 Å². The Bertz CT molecular complexity index is 1240. The maximum Gasteiger partial charge on any atom is 0.255 e. The topological polar surface area (TPSA) is 74.8 Å². The highest BCUT2D eigenvalue weighted by molar-refractivity contribution is 6.09. The second-order valence-electron chi connectivity index (χ2n) is 8.26. The average molecular weight is 414 g/mol. The molecule has 0 atom stereocenters. The van der Waals surface area contributed by atoms with Crippen LogP contribution in [0.4, 0.5) is 0 Å². The molecule has 0 aliphatic heterocycles. The van der Waals surface area contributed by atoms with E-state index in [-0.39, 0.29) is 11.9 Å². The summed E-state index contributed by atoms with van der Waals surface area (Å²) in [7, 11) is 0. The van der Waals surface area contributed by atoms with Crippen LogP contribution < -0.4 is 0 Å². The fourth-order valence-corrected chi connectivity index (χ4v) is 3.89. The molecule has 0 saturated carbocycles. The highest BCUT2D eigenvalue weighted by atomic mass is 16.2. The quantitative estimate of drug-likeness (QED) is 0.500. The summed E-state index contributed by atoms with van der Waals surface area (Å²) in [6.07, 6.45) is 5.32. The summed E-state index contributed by atoms with van der Waals surface area (Å²) in [5.74, 6) is -0.0136. The van der Waals surface area contributed by atoms with E-state index in [9.17, 15) is 4.79 Å². The van der Waals surface area contributed by atoms with Gasteiger partial charge in [-0.15, -0.1) is 0 Å². The summed E-state index contributed by atoms with van der Waals surface area (Å²) in [5, 5.41) is 7.79. The maximum atomic E-state index is 14.0. The number of hydrogen-bond acceptors (Lipinski definition) is 4. The molecule has 0 radical (unpaired) electrons. The fourth-order valence-electron chi connectivity index (χ4n) is 3.89. The van der Waals surface area contributed by atoms with E-state index in [0.29, 0.717) is 12.1 Å². The van der Waals surface area contributed by atoms with Gasteiger partial charge in [0.25, 0.3) is 5.91 Å². The Labute approximate surface area is 182 Å². The van der Waals surface area contributed by atoms with Crippen LogP contribution in [-0.4, -0.2) is 37.0 Å². The van der Waals surface area contributed by atoms with Crippen molar-refractivity contribution < 1.29 is 4.79 Å². The Balaban J connectivity index is 1.90. The smallest absolute Gasteiger partial charge is 0.255 e. The number of amides is 1. The molecule has 0 saturated heterocycles. The first-order valence-electron chi connectivity index (χ1n) is 10.5. The van der Waals surface area contributed by atoms with Crippen LogP contribution in [0.1, 0.15) is 46.6 Å². The standard InChI is InChI=1S/C25H27N5O/c1-15(2)30(14-22-17(4)7-6-10-26-22)25(31)23-18(5)24(19-12-27-28-13-19)29-21-9-8-16(3)11-20(21)23/h6-13,15H,14H2,1-5H3,(H,27,28). The van der Waals surface area contributed by atoms with Crippen molar-refractivity contribution in [1.82, 2.24) is 25.1 Å². The first kappa shape index (κ1) is 20.7. The van der Waals surface area contributed by atoms with E-state index in [4.69, 9.17) is 4.98 Å². The zero-order valence-electron chi connectivity index (χ0n) is 18.6. The zero-order valence-corrected chi connectivity index (χ0v) is 18.6. The summed E-state index contributed by atoms with van der Waals surface area (Å²) in [4.78, 5) is 25.3. The van der Waals surface area contributed by atoms with Crippen LogP contribution in [0, 0.1) is 20.8 Å². The molecule has 0 fully saturated rings.